The first kappa shape index (κ1) is 12.6. The molecular formula is C12H18N2O2. The van der Waals surface area contributed by atoms with Crippen LogP contribution in [-0.2, 0) is 9.53 Å². The van der Waals surface area contributed by atoms with Crippen LogP contribution in [0.3, 0.4) is 0 Å². The van der Waals surface area contributed by atoms with E-state index in [-0.39, 0.29) is 18.1 Å². The maximum Gasteiger partial charge on any atom is 0.307 e. The fourth-order valence-corrected chi connectivity index (χ4v) is 1.54. The highest BCUT2D eigenvalue weighted by Crippen LogP contribution is 2.09. The summed E-state index contributed by atoms with van der Waals surface area (Å²) in [5.41, 5.74) is 0.971. The summed E-state index contributed by atoms with van der Waals surface area (Å²) < 4.78 is 4.61. The van der Waals surface area contributed by atoms with Gasteiger partial charge in [-0.3, -0.25) is 9.78 Å². The van der Waals surface area contributed by atoms with Crippen molar-refractivity contribution in [3.8, 4) is 0 Å². The Morgan fingerprint density at radius 3 is 2.81 bits per heavy atom. The highest BCUT2D eigenvalue weighted by Gasteiger charge is 2.13. The van der Waals surface area contributed by atoms with Gasteiger partial charge in [-0.1, -0.05) is 6.07 Å². The molecule has 0 saturated heterocycles. The monoisotopic (exact) mass is 222 g/mol. The highest BCUT2D eigenvalue weighted by molar-refractivity contribution is 5.69. The number of nitrogens with one attached hydrogen (secondary N) is 1. The zero-order valence-corrected chi connectivity index (χ0v) is 9.93. The Kier molecular flexibility index (Phi) is 4.92. The van der Waals surface area contributed by atoms with Gasteiger partial charge in [-0.2, -0.15) is 0 Å². The normalized spacial score (nSPS) is 14.2. The van der Waals surface area contributed by atoms with Crippen LogP contribution in [0.4, 0.5) is 0 Å². The van der Waals surface area contributed by atoms with Crippen LogP contribution in [-0.4, -0.2) is 24.1 Å². The lowest BCUT2D eigenvalue weighted by molar-refractivity contribution is -0.141. The van der Waals surface area contributed by atoms with Crippen LogP contribution in [0.25, 0.3) is 0 Å². The summed E-state index contributed by atoms with van der Waals surface area (Å²) in [6.07, 6.45) is 2.13. The number of methoxy groups -OCH3 is 1. The van der Waals surface area contributed by atoms with E-state index in [1.165, 1.54) is 7.11 Å². The van der Waals surface area contributed by atoms with Gasteiger partial charge in [0.05, 0.1) is 19.2 Å². The van der Waals surface area contributed by atoms with Gasteiger partial charge in [-0.05, 0) is 26.0 Å². The SMILES string of the molecule is COC(=O)CC(C)N[C@H](C)c1ccccn1. The second kappa shape index (κ2) is 6.23. The lowest BCUT2D eigenvalue weighted by Crippen LogP contribution is -2.31. The van der Waals surface area contributed by atoms with E-state index in [0.717, 1.165) is 5.69 Å². The Balaban J connectivity index is 2.45. The molecule has 0 aliphatic rings. The predicted octanol–water partition coefficient (Wildman–Crippen LogP) is 1.68. The van der Waals surface area contributed by atoms with Gasteiger partial charge in [0, 0.05) is 18.3 Å². The van der Waals surface area contributed by atoms with Crippen LogP contribution in [0, 0.1) is 0 Å². The number of pyridine rings is 1. The Hall–Kier alpha value is -1.42. The minimum absolute atomic E-state index is 0.0736. The maximum atomic E-state index is 11.1. The standard InChI is InChI=1S/C12H18N2O2/c1-9(8-12(15)16-3)14-10(2)11-6-4-5-7-13-11/h4-7,9-10,14H,8H2,1-3H3/t9?,10-/m1/s1. The van der Waals surface area contributed by atoms with Crippen LogP contribution in [0.15, 0.2) is 24.4 Å². The Morgan fingerprint density at radius 2 is 2.25 bits per heavy atom. The molecule has 0 radical (unpaired) electrons. The van der Waals surface area contributed by atoms with Gasteiger partial charge in [-0.25, -0.2) is 0 Å². The molecule has 0 aliphatic heterocycles. The average Bonchev–Trinajstić information content (AvgIpc) is 2.29. The molecule has 0 saturated carbocycles. The Labute approximate surface area is 96.0 Å². The Bertz CT molecular complexity index is 327. The van der Waals surface area contributed by atoms with Gasteiger partial charge in [0.2, 0.25) is 0 Å². The smallest absolute Gasteiger partial charge is 0.307 e. The largest absolute Gasteiger partial charge is 0.469 e. The molecule has 1 rings (SSSR count). The number of carbonyl (C=O) groups excluding carboxylic acids is 1. The molecule has 0 aliphatic carbocycles. The first-order chi connectivity index (χ1) is 7.63. The summed E-state index contributed by atoms with van der Waals surface area (Å²) in [5, 5.41) is 3.30. The molecule has 4 nitrogen and oxygen atoms in total. The number of carbonyl (C=O) groups is 1. The molecule has 0 aromatic carbocycles. The highest BCUT2D eigenvalue weighted by atomic mass is 16.5. The molecule has 2 atom stereocenters. The van der Waals surface area contributed by atoms with E-state index in [1.54, 1.807) is 6.20 Å². The molecule has 0 amide bonds. The number of hydrogen-bond acceptors (Lipinski definition) is 4. The van der Waals surface area contributed by atoms with Crippen molar-refractivity contribution in [3.63, 3.8) is 0 Å². The maximum absolute atomic E-state index is 11.1. The summed E-state index contributed by atoms with van der Waals surface area (Å²) in [5.74, 6) is -0.201. The average molecular weight is 222 g/mol. The van der Waals surface area contributed by atoms with Crippen molar-refractivity contribution in [3.05, 3.63) is 30.1 Å². The van der Waals surface area contributed by atoms with Crippen LogP contribution < -0.4 is 5.32 Å². The lowest BCUT2D eigenvalue weighted by atomic mass is 10.1. The second-order valence-corrected chi connectivity index (χ2v) is 3.82. The number of hydrogen-bond donors (Lipinski definition) is 1. The van der Waals surface area contributed by atoms with Gasteiger partial charge < -0.3 is 10.1 Å². The third-order valence-corrected chi connectivity index (χ3v) is 2.37. The summed E-state index contributed by atoms with van der Waals surface area (Å²) >= 11 is 0. The molecule has 1 N–H and O–H groups in total. The quantitative estimate of drug-likeness (QED) is 0.770. The number of esters is 1. The number of nitrogens with zero attached hydrogens (tertiary/aromatic N) is 1. The number of ether oxygens (including phenoxy) is 1. The molecular weight excluding hydrogens is 204 g/mol. The summed E-state index contributed by atoms with van der Waals surface area (Å²) in [4.78, 5) is 15.3. The number of rotatable bonds is 5. The van der Waals surface area contributed by atoms with E-state index in [0.29, 0.717) is 6.42 Å². The van der Waals surface area contributed by atoms with Crippen molar-refractivity contribution in [2.75, 3.05) is 7.11 Å². The molecule has 1 aromatic heterocycles. The van der Waals surface area contributed by atoms with Gasteiger partial charge in [0.1, 0.15) is 0 Å². The number of aromatic nitrogens is 1. The van der Waals surface area contributed by atoms with Gasteiger partial charge >= 0.3 is 5.97 Å². The van der Waals surface area contributed by atoms with Crippen LogP contribution in [0.1, 0.15) is 32.0 Å². The zero-order chi connectivity index (χ0) is 12.0. The third-order valence-electron chi connectivity index (χ3n) is 2.37. The van der Waals surface area contributed by atoms with Crippen LogP contribution in [0.5, 0.6) is 0 Å². The summed E-state index contributed by atoms with van der Waals surface area (Å²) in [7, 11) is 1.40. The van der Waals surface area contributed by atoms with Gasteiger partial charge in [0.25, 0.3) is 0 Å². The fourth-order valence-electron chi connectivity index (χ4n) is 1.54. The summed E-state index contributed by atoms with van der Waals surface area (Å²) in [6.45, 7) is 3.98. The summed E-state index contributed by atoms with van der Waals surface area (Å²) in [6, 6.07) is 5.99. The van der Waals surface area contributed by atoms with Crippen molar-refractivity contribution >= 4 is 5.97 Å². The molecule has 0 bridgehead atoms. The molecule has 1 heterocycles. The van der Waals surface area contributed by atoms with Gasteiger partial charge in [0.15, 0.2) is 0 Å². The van der Waals surface area contributed by atoms with Crippen molar-refractivity contribution in [2.24, 2.45) is 0 Å². The van der Waals surface area contributed by atoms with Crippen molar-refractivity contribution in [1.29, 1.82) is 0 Å². The molecule has 1 unspecified atom stereocenters. The van der Waals surface area contributed by atoms with Crippen molar-refractivity contribution < 1.29 is 9.53 Å². The molecule has 88 valence electrons. The van der Waals surface area contributed by atoms with E-state index in [1.807, 2.05) is 32.0 Å². The minimum atomic E-state index is -0.201. The minimum Gasteiger partial charge on any atom is -0.469 e. The third kappa shape index (κ3) is 3.98. The first-order valence-corrected chi connectivity index (χ1v) is 5.37. The van der Waals surface area contributed by atoms with E-state index in [2.05, 4.69) is 15.0 Å². The van der Waals surface area contributed by atoms with Crippen molar-refractivity contribution in [1.82, 2.24) is 10.3 Å². The zero-order valence-electron chi connectivity index (χ0n) is 9.93. The molecule has 4 heteroatoms. The predicted molar refractivity (Wildman–Crippen MR) is 61.9 cm³/mol. The lowest BCUT2D eigenvalue weighted by Gasteiger charge is -2.18. The fraction of sp³-hybridized carbons (Fsp3) is 0.500. The van der Waals surface area contributed by atoms with E-state index >= 15 is 0 Å². The van der Waals surface area contributed by atoms with Gasteiger partial charge in [-0.15, -0.1) is 0 Å². The molecule has 0 fully saturated rings. The topological polar surface area (TPSA) is 51.2 Å². The van der Waals surface area contributed by atoms with Crippen molar-refractivity contribution in [2.45, 2.75) is 32.4 Å². The Morgan fingerprint density at radius 1 is 1.50 bits per heavy atom. The van der Waals surface area contributed by atoms with E-state index < -0.39 is 0 Å². The van der Waals surface area contributed by atoms with E-state index in [4.69, 9.17) is 0 Å². The van der Waals surface area contributed by atoms with Crippen LogP contribution in [0.2, 0.25) is 0 Å². The second-order valence-electron chi connectivity index (χ2n) is 3.82. The molecule has 0 spiro atoms. The molecule has 16 heavy (non-hydrogen) atoms. The molecule has 1 aromatic rings. The van der Waals surface area contributed by atoms with Crippen LogP contribution >= 0.6 is 0 Å². The first-order valence-electron chi connectivity index (χ1n) is 5.37. The van der Waals surface area contributed by atoms with E-state index in [9.17, 15) is 4.79 Å².